The monoisotopic (exact) mass is 391 g/mol. The van der Waals surface area contributed by atoms with E-state index in [1.54, 1.807) is 25.3 Å². The maximum Gasteiger partial charge on any atom is 0.283 e. The Balaban J connectivity index is 1.62. The summed E-state index contributed by atoms with van der Waals surface area (Å²) in [5.41, 5.74) is 7.92. The Morgan fingerprint density at radius 1 is 1.07 bits per heavy atom. The molecule has 2 aliphatic heterocycles. The summed E-state index contributed by atoms with van der Waals surface area (Å²) in [5, 5.41) is 3.35. The van der Waals surface area contributed by atoms with Gasteiger partial charge >= 0.3 is 0 Å². The quantitative estimate of drug-likeness (QED) is 0.697. The van der Waals surface area contributed by atoms with E-state index in [2.05, 4.69) is 10.3 Å². The van der Waals surface area contributed by atoms with Gasteiger partial charge in [-0.1, -0.05) is 18.2 Å². The van der Waals surface area contributed by atoms with E-state index in [1.165, 1.54) is 6.07 Å². The number of nitrogens with one attached hydrogen (secondary N) is 1. The summed E-state index contributed by atoms with van der Waals surface area (Å²) < 4.78 is 31.1. The van der Waals surface area contributed by atoms with Crippen LogP contribution in [0.1, 0.15) is 11.1 Å². The molecule has 2 heterocycles. The molecular weight excluding hydrogens is 373 g/mol. The molecule has 146 valence electrons. The van der Waals surface area contributed by atoms with Crippen LogP contribution in [0.4, 0.5) is 15.8 Å². The zero-order valence-corrected chi connectivity index (χ0v) is 15.6. The lowest BCUT2D eigenvalue weighted by molar-refractivity contribution is 0.262. The first kappa shape index (κ1) is 17.4. The molecule has 1 atom stereocenters. The molecule has 3 aromatic carbocycles. The fourth-order valence-electron chi connectivity index (χ4n) is 3.79. The summed E-state index contributed by atoms with van der Waals surface area (Å²) in [7, 11) is 1.62. The molecule has 0 saturated heterocycles. The second-order valence-corrected chi connectivity index (χ2v) is 6.89. The van der Waals surface area contributed by atoms with E-state index in [-0.39, 0.29) is 18.4 Å². The smallest absolute Gasteiger partial charge is 0.283 e. The predicted octanol–water partition coefficient (Wildman–Crippen LogP) is 4.27. The average Bonchev–Trinajstić information content (AvgIpc) is 3.12. The van der Waals surface area contributed by atoms with Crippen LogP contribution in [-0.2, 0) is 10.3 Å². The highest BCUT2D eigenvalue weighted by atomic mass is 19.1. The minimum absolute atomic E-state index is 0.0687. The Labute approximate surface area is 166 Å². The van der Waals surface area contributed by atoms with Crippen LogP contribution in [0.15, 0.2) is 65.7 Å². The molecule has 0 radical (unpaired) electrons. The summed E-state index contributed by atoms with van der Waals surface area (Å²) in [6.07, 6.45) is 0. The molecule has 2 aliphatic rings. The molecule has 29 heavy (non-hydrogen) atoms. The molecule has 3 N–H and O–H groups in total. The molecular formula is C22H18FN3O3. The zero-order chi connectivity index (χ0) is 20.0. The van der Waals surface area contributed by atoms with Crippen molar-refractivity contribution in [1.29, 1.82) is 0 Å². The maximum atomic E-state index is 14.5. The molecule has 0 unspecified atom stereocenters. The van der Waals surface area contributed by atoms with Crippen LogP contribution in [0.5, 0.6) is 17.2 Å². The number of rotatable bonds is 3. The van der Waals surface area contributed by atoms with Crippen molar-refractivity contribution in [2.45, 2.75) is 5.54 Å². The van der Waals surface area contributed by atoms with Gasteiger partial charge in [0.25, 0.3) is 6.02 Å². The summed E-state index contributed by atoms with van der Waals surface area (Å²) in [5.74, 6) is 0.960. The van der Waals surface area contributed by atoms with Gasteiger partial charge in [-0.3, -0.25) is 0 Å². The highest BCUT2D eigenvalue weighted by Gasteiger charge is 2.47. The second-order valence-electron chi connectivity index (χ2n) is 6.89. The van der Waals surface area contributed by atoms with Crippen LogP contribution >= 0.6 is 0 Å². The molecule has 0 aliphatic carbocycles. The number of methoxy groups -OCH3 is 1. The fraction of sp³-hybridized carbons (Fsp3) is 0.136. The molecule has 0 fully saturated rings. The van der Waals surface area contributed by atoms with Crippen LogP contribution in [0.3, 0.4) is 0 Å². The number of anilines is 2. The van der Waals surface area contributed by atoms with Gasteiger partial charge in [-0.05, 0) is 36.4 Å². The van der Waals surface area contributed by atoms with Crippen LogP contribution in [0.25, 0.3) is 0 Å². The number of nitrogens with two attached hydrogens (primary N) is 1. The van der Waals surface area contributed by atoms with Crippen molar-refractivity contribution in [3.05, 3.63) is 77.6 Å². The molecule has 1 spiro atoms. The van der Waals surface area contributed by atoms with Crippen LogP contribution in [-0.4, -0.2) is 19.7 Å². The number of nitrogens with zero attached hydrogens (tertiary/aromatic N) is 1. The van der Waals surface area contributed by atoms with E-state index >= 15 is 0 Å². The molecule has 3 aromatic rings. The number of ether oxygens (including phenoxy) is 3. The lowest BCUT2D eigenvalue weighted by Crippen LogP contribution is -2.31. The molecule has 7 heteroatoms. The van der Waals surface area contributed by atoms with E-state index in [1.807, 2.05) is 36.4 Å². The Morgan fingerprint density at radius 2 is 1.90 bits per heavy atom. The molecule has 0 saturated carbocycles. The highest BCUT2D eigenvalue weighted by molar-refractivity contribution is 5.77. The lowest BCUT2D eigenvalue weighted by atomic mass is 9.81. The normalized spacial score (nSPS) is 18.9. The van der Waals surface area contributed by atoms with Crippen molar-refractivity contribution in [3.63, 3.8) is 0 Å². The van der Waals surface area contributed by atoms with E-state index in [0.29, 0.717) is 11.3 Å². The average molecular weight is 391 g/mol. The van der Waals surface area contributed by atoms with Gasteiger partial charge in [0.15, 0.2) is 17.1 Å². The summed E-state index contributed by atoms with van der Waals surface area (Å²) in [6.45, 7) is 0.175. The van der Waals surface area contributed by atoms with Gasteiger partial charge in [-0.2, -0.15) is 0 Å². The first-order chi connectivity index (χ1) is 14.1. The van der Waals surface area contributed by atoms with Gasteiger partial charge in [0.2, 0.25) is 0 Å². The van der Waals surface area contributed by atoms with Gasteiger partial charge in [-0.25, -0.2) is 9.38 Å². The number of para-hydroxylation sites is 1. The number of amidine groups is 1. The van der Waals surface area contributed by atoms with Gasteiger partial charge in [0, 0.05) is 28.6 Å². The molecule has 5 rings (SSSR count). The van der Waals surface area contributed by atoms with Crippen molar-refractivity contribution in [3.8, 4) is 17.2 Å². The third kappa shape index (κ3) is 2.74. The van der Waals surface area contributed by atoms with E-state index in [4.69, 9.17) is 19.9 Å². The topological polar surface area (TPSA) is 78.1 Å². The Bertz CT molecular complexity index is 1150. The molecule has 0 amide bonds. The lowest BCUT2D eigenvalue weighted by Gasteiger charge is -2.33. The van der Waals surface area contributed by atoms with E-state index in [9.17, 15) is 4.39 Å². The first-order valence-electron chi connectivity index (χ1n) is 9.10. The largest absolute Gasteiger partial charge is 0.497 e. The van der Waals surface area contributed by atoms with Gasteiger partial charge in [-0.15, -0.1) is 0 Å². The third-order valence-corrected chi connectivity index (χ3v) is 5.14. The summed E-state index contributed by atoms with van der Waals surface area (Å²) in [4.78, 5) is 4.56. The number of hydrogen-bond donors (Lipinski definition) is 2. The van der Waals surface area contributed by atoms with Crippen LogP contribution in [0.2, 0.25) is 0 Å². The van der Waals surface area contributed by atoms with Crippen molar-refractivity contribution in [2.24, 2.45) is 10.7 Å². The highest BCUT2D eigenvalue weighted by Crippen LogP contribution is 2.52. The zero-order valence-electron chi connectivity index (χ0n) is 15.6. The summed E-state index contributed by atoms with van der Waals surface area (Å²) >= 11 is 0. The first-order valence-corrected chi connectivity index (χ1v) is 9.10. The number of fused-ring (bicyclic) bond motifs is 4. The van der Waals surface area contributed by atoms with Crippen molar-refractivity contribution in [2.75, 3.05) is 19.0 Å². The van der Waals surface area contributed by atoms with Gasteiger partial charge < -0.3 is 25.3 Å². The Kier molecular flexibility index (Phi) is 3.84. The molecule has 0 aromatic heterocycles. The number of hydrogen-bond acceptors (Lipinski definition) is 6. The number of benzene rings is 3. The molecule has 0 bridgehead atoms. The van der Waals surface area contributed by atoms with Crippen molar-refractivity contribution < 1.29 is 18.6 Å². The molecule has 6 nitrogen and oxygen atoms in total. The van der Waals surface area contributed by atoms with Crippen molar-refractivity contribution >= 4 is 17.4 Å². The van der Waals surface area contributed by atoms with Gasteiger partial charge in [0.1, 0.15) is 18.1 Å². The van der Waals surface area contributed by atoms with Crippen LogP contribution < -0.4 is 20.5 Å². The number of aliphatic imine (C=N–C) groups is 1. The van der Waals surface area contributed by atoms with Crippen molar-refractivity contribution in [1.82, 2.24) is 0 Å². The van der Waals surface area contributed by atoms with Gasteiger partial charge in [0.05, 0.1) is 7.11 Å². The van der Waals surface area contributed by atoms with E-state index < -0.39 is 11.4 Å². The standard InChI is InChI=1S/C22H18FN3O3/c1-27-15-5-2-4-13(10-15)25-14-8-9-19-17(11-14)22(12-28-21(24)26-22)16-6-3-7-18(23)20(16)29-19/h2-11,25H,12H2,1H3,(H2,24,26)/t22-/m1/s1. The van der Waals surface area contributed by atoms with E-state index in [0.717, 1.165) is 22.7 Å². The maximum absolute atomic E-state index is 14.5. The second kappa shape index (κ2) is 6.41. The summed E-state index contributed by atoms with van der Waals surface area (Å²) in [6, 6.07) is 18.0. The predicted molar refractivity (Wildman–Crippen MR) is 108 cm³/mol. The third-order valence-electron chi connectivity index (χ3n) is 5.14. The van der Waals surface area contributed by atoms with Crippen LogP contribution in [0, 0.1) is 5.82 Å². The fourth-order valence-corrected chi connectivity index (χ4v) is 3.79. The minimum atomic E-state index is -0.957. The minimum Gasteiger partial charge on any atom is -0.497 e. The SMILES string of the molecule is COc1cccc(Nc2ccc3c(c2)[C@@]2(COC(N)=N2)c2cccc(F)c2O3)c1. The number of halogens is 1. The Morgan fingerprint density at radius 3 is 2.69 bits per heavy atom. The Hall–Kier alpha value is -3.74.